The van der Waals surface area contributed by atoms with Gasteiger partial charge in [-0.3, -0.25) is 0 Å². The smallest absolute Gasteiger partial charge is 0.0454 e. The summed E-state index contributed by atoms with van der Waals surface area (Å²) in [5, 5.41) is 4.97. The van der Waals surface area contributed by atoms with Crippen molar-refractivity contribution in [1.29, 1.82) is 0 Å². The highest BCUT2D eigenvalue weighted by atomic mass is 35.5. The molecule has 1 aromatic carbocycles. The maximum Gasteiger partial charge on any atom is 0.0454 e. The van der Waals surface area contributed by atoms with Gasteiger partial charge in [-0.15, -0.1) is 0 Å². The van der Waals surface area contributed by atoms with Gasteiger partial charge in [-0.1, -0.05) is 23.2 Å². The molecule has 0 saturated heterocycles. The van der Waals surface area contributed by atoms with Gasteiger partial charge in [0.25, 0.3) is 0 Å². The first kappa shape index (κ1) is 15.8. The van der Waals surface area contributed by atoms with Crippen molar-refractivity contribution in [3.05, 3.63) is 33.8 Å². The molecule has 0 bridgehead atoms. The molecule has 0 fully saturated rings. The molecule has 1 N–H and O–H groups in total. The van der Waals surface area contributed by atoms with Crippen molar-refractivity contribution in [1.82, 2.24) is 10.2 Å². The highest BCUT2D eigenvalue weighted by Gasteiger charge is 2.21. The number of hydrogen-bond acceptors (Lipinski definition) is 2. The minimum Gasteiger partial charge on any atom is -0.308 e. The Morgan fingerprint density at radius 3 is 2.44 bits per heavy atom. The molecule has 0 saturated carbocycles. The first-order chi connectivity index (χ1) is 8.24. The lowest BCUT2D eigenvalue weighted by atomic mass is 10.0. The summed E-state index contributed by atoms with van der Waals surface area (Å²) in [5.74, 6) is 0. The van der Waals surface area contributed by atoms with Crippen molar-refractivity contribution in [3.8, 4) is 0 Å². The number of benzene rings is 1. The summed E-state index contributed by atoms with van der Waals surface area (Å²) in [6.07, 6.45) is 0. The lowest BCUT2D eigenvalue weighted by Crippen LogP contribution is -2.47. The highest BCUT2D eigenvalue weighted by molar-refractivity contribution is 6.33. The van der Waals surface area contributed by atoms with Crippen LogP contribution in [0.5, 0.6) is 0 Å². The van der Waals surface area contributed by atoms with E-state index in [0.29, 0.717) is 0 Å². The van der Waals surface area contributed by atoms with E-state index in [9.17, 15) is 0 Å². The van der Waals surface area contributed by atoms with Crippen LogP contribution in [-0.2, 0) is 0 Å². The highest BCUT2D eigenvalue weighted by Crippen LogP contribution is 2.26. The van der Waals surface area contributed by atoms with Gasteiger partial charge in [0.2, 0.25) is 0 Å². The molecule has 1 unspecified atom stereocenters. The molecule has 0 heterocycles. The van der Waals surface area contributed by atoms with Crippen LogP contribution in [0.2, 0.25) is 10.0 Å². The first-order valence-electron chi connectivity index (χ1n) is 6.10. The molecule has 1 rings (SSSR count). The minimum absolute atomic E-state index is 0.0965. The topological polar surface area (TPSA) is 15.3 Å². The van der Waals surface area contributed by atoms with Crippen LogP contribution in [0.15, 0.2) is 18.2 Å². The predicted molar refractivity (Wildman–Crippen MR) is 80.6 cm³/mol. The van der Waals surface area contributed by atoms with Crippen molar-refractivity contribution in [2.24, 2.45) is 0 Å². The van der Waals surface area contributed by atoms with Crippen molar-refractivity contribution >= 4 is 23.2 Å². The second-order valence-electron chi connectivity index (χ2n) is 5.48. The third-order valence-corrected chi connectivity index (χ3v) is 4.06. The summed E-state index contributed by atoms with van der Waals surface area (Å²) in [6.45, 7) is 7.38. The van der Waals surface area contributed by atoms with Gasteiger partial charge in [-0.05, 0) is 58.6 Å². The van der Waals surface area contributed by atoms with Gasteiger partial charge in [0, 0.05) is 28.2 Å². The normalized spacial score (nSPS) is 14.0. The van der Waals surface area contributed by atoms with Gasteiger partial charge in [0.1, 0.15) is 0 Å². The molecule has 0 amide bonds. The quantitative estimate of drug-likeness (QED) is 0.882. The van der Waals surface area contributed by atoms with Crippen molar-refractivity contribution in [2.75, 3.05) is 20.6 Å². The first-order valence-corrected chi connectivity index (χ1v) is 6.85. The Labute approximate surface area is 120 Å². The largest absolute Gasteiger partial charge is 0.308 e. The van der Waals surface area contributed by atoms with Crippen LogP contribution in [0.25, 0.3) is 0 Å². The second kappa shape index (κ2) is 6.25. The number of nitrogens with zero attached hydrogens (tertiary/aromatic N) is 1. The zero-order valence-electron chi connectivity index (χ0n) is 11.7. The van der Waals surface area contributed by atoms with Gasteiger partial charge in [-0.2, -0.15) is 0 Å². The second-order valence-corrected chi connectivity index (χ2v) is 6.32. The molecule has 0 aliphatic carbocycles. The lowest BCUT2D eigenvalue weighted by Gasteiger charge is -2.34. The standard InChI is InChI=1S/C14H22Cl2N2/c1-10(17-9-14(2,3)18(4)5)12-8-11(15)6-7-13(12)16/h6-8,10,17H,9H2,1-5H3. The average molecular weight is 289 g/mol. The van der Waals surface area contributed by atoms with Gasteiger partial charge in [0.05, 0.1) is 0 Å². The summed E-state index contributed by atoms with van der Waals surface area (Å²) in [6, 6.07) is 5.75. The van der Waals surface area contributed by atoms with Gasteiger partial charge < -0.3 is 10.2 Å². The van der Waals surface area contributed by atoms with Crippen molar-refractivity contribution in [3.63, 3.8) is 0 Å². The van der Waals surface area contributed by atoms with E-state index < -0.39 is 0 Å². The van der Waals surface area contributed by atoms with E-state index >= 15 is 0 Å². The Balaban J connectivity index is 2.71. The van der Waals surface area contributed by atoms with E-state index in [1.807, 2.05) is 18.2 Å². The van der Waals surface area contributed by atoms with Crippen molar-refractivity contribution in [2.45, 2.75) is 32.4 Å². The Morgan fingerprint density at radius 2 is 1.89 bits per heavy atom. The predicted octanol–water partition coefficient (Wildman–Crippen LogP) is 3.98. The minimum atomic E-state index is 0.0965. The van der Waals surface area contributed by atoms with Crippen LogP contribution < -0.4 is 5.32 Å². The molecule has 1 aromatic rings. The molecular weight excluding hydrogens is 267 g/mol. The molecule has 0 aromatic heterocycles. The fourth-order valence-corrected chi connectivity index (χ4v) is 1.98. The van der Waals surface area contributed by atoms with Gasteiger partial charge in [0.15, 0.2) is 0 Å². The maximum absolute atomic E-state index is 6.19. The lowest BCUT2D eigenvalue weighted by molar-refractivity contribution is 0.185. The Bertz CT molecular complexity index is 403. The summed E-state index contributed by atoms with van der Waals surface area (Å²) < 4.78 is 0. The van der Waals surface area contributed by atoms with Crippen LogP contribution in [-0.4, -0.2) is 31.1 Å². The molecule has 0 aliphatic rings. The average Bonchev–Trinajstić information content (AvgIpc) is 2.29. The van der Waals surface area contributed by atoms with E-state index in [1.54, 1.807) is 0 Å². The van der Waals surface area contributed by atoms with Crippen molar-refractivity contribution < 1.29 is 0 Å². The number of halogens is 2. The molecule has 0 spiro atoms. The number of hydrogen-bond donors (Lipinski definition) is 1. The van der Waals surface area contributed by atoms with E-state index in [-0.39, 0.29) is 11.6 Å². The fraction of sp³-hybridized carbons (Fsp3) is 0.571. The third-order valence-electron chi connectivity index (χ3n) is 3.48. The van der Waals surface area contributed by atoms with E-state index in [4.69, 9.17) is 23.2 Å². The summed E-state index contributed by atoms with van der Waals surface area (Å²) in [4.78, 5) is 2.20. The zero-order chi connectivity index (χ0) is 13.9. The van der Waals surface area contributed by atoms with E-state index in [1.165, 1.54) is 0 Å². The summed E-state index contributed by atoms with van der Waals surface area (Å²) in [5.41, 5.74) is 1.14. The maximum atomic E-state index is 6.19. The molecule has 0 radical (unpaired) electrons. The zero-order valence-corrected chi connectivity index (χ0v) is 13.2. The van der Waals surface area contributed by atoms with Crippen LogP contribution in [0.4, 0.5) is 0 Å². The van der Waals surface area contributed by atoms with Crippen LogP contribution in [0.3, 0.4) is 0 Å². The Hall–Kier alpha value is -0.280. The number of rotatable bonds is 5. The van der Waals surface area contributed by atoms with Crippen LogP contribution >= 0.6 is 23.2 Å². The molecule has 2 nitrogen and oxygen atoms in total. The van der Waals surface area contributed by atoms with Gasteiger partial charge in [-0.25, -0.2) is 0 Å². The summed E-state index contributed by atoms with van der Waals surface area (Å²) in [7, 11) is 4.16. The molecule has 102 valence electrons. The number of nitrogens with one attached hydrogen (secondary N) is 1. The Kier molecular flexibility index (Phi) is 5.47. The van der Waals surface area contributed by atoms with E-state index in [2.05, 4.69) is 45.1 Å². The SMILES string of the molecule is CC(NCC(C)(C)N(C)C)c1cc(Cl)ccc1Cl. The van der Waals surface area contributed by atoms with Crippen LogP contribution in [0.1, 0.15) is 32.4 Å². The summed E-state index contributed by atoms with van der Waals surface area (Å²) >= 11 is 12.2. The molecule has 1 atom stereocenters. The molecule has 0 aliphatic heterocycles. The fourth-order valence-electron chi connectivity index (χ4n) is 1.52. The van der Waals surface area contributed by atoms with Crippen LogP contribution in [0, 0.1) is 0 Å². The monoisotopic (exact) mass is 288 g/mol. The molecule has 4 heteroatoms. The van der Waals surface area contributed by atoms with E-state index in [0.717, 1.165) is 22.2 Å². The van der Waals surface area contributed by atoms with Gasteiger partial charge >= 0.3 is 0 Å². The Morgan fingerprint density at radius 1 is 1.28 bits per heavy atom. The number of likely N-dealkylation sites (N-methyl/N-ethyl adjacent to an activating group) is 1. The molecular formula is C14H22Cl2N2. The molecule has 18 heavy (non-hydrogen) atoms. The third kappa shape index (κ3) is 4.13.